The van der Waals surface area contributed by atoms with Crippen LogP contribution in [0, 0.1) is 6.92 Å². The van der Waals surface area contributed by atoms with Crippen molar-refractivity contribution in [3.05, 3.63) is 65.4 Å². The van der Waals surface area contributed by atoms with E-state index in [1.165, 1.54) is 4.57 Å². The summed E-state index contributed by atoms with van der Waals surface area (Å²) in [5, 5.41) is 9.55. The highest BCUT2D eigenvalue weighted by Gasteiger charge is 2.24. The van der Waals surface area contributed by atoms with E-state index in [4.69, 9.17) is 20.3 Å². The Bertz CT molecular complexity index is 979. The lowest BCUT2D eigenvalue weighted by molar-refractivity contribution is -0.114. The van der Waals surface area contributed by atoms with E-state index >= 15 is 0 Å². The van der Waals surface area contributed by atoms with Crippen LogP contribution in [0.1, 0.15) is 21.6 Å². The molecule has 27 heavy (non-hydrogen) atoms. The number of para-hydroxylation sites is 1. The lowest BCUT2D eigenvalue weighted by atomic mass is 10.0. The maximum absolute atomic E-state index is 12.5. The van der Waals surface area contributed by atoms with Crippen LogP contribution < -0.4 is 10.5 Å². The molecule has 7 heteroatoms. The molecule has 0 aliphatic carbocycles. The number of aromatic nitrogens is 1. The monoisotopic (exact) mass is 368 g/mol. The molecule has 1 amide bonds. The number of benzene rings is 2. The second-order valence-corrected chi connectivity index (χ2v) is 5.98. The van der Waals surface area contributed by atoms with E-state index in [0.29, 0.717) is 23.4 Å². The van der Waals surface area contributed by atoms with Gasteiger partial charge in [0.25, 0.3) is 0 Å². The minimum absolute atomic E-state index is 0.196. The van der Waals surface area contributed by atoms with E-state index in [2.05, 4.69) is 0 Å². The zero-order valence-electron chi connectivity index (χ0n) is 14.8. The van der Waals surface area contributed by atoms with E-state index in [1.807, 2.05) is 36.4 Å². The molecule has 0 aliphatic rings. The van der Waals surface area contributed by atoms with Gasteiger partial charge in [0.1, 0.15) is 12.5 Å². The first-order chi connectivity index (χ1) is 13.0. The van der Waals surface area contributed by atoms with Crippen LogP contribution in [-0.4, -0.2) is 35.1 Å². The number of amides is 1. The van der Waals surface area contributed by atoms with Gasteiger partial charge in [-0.1, -0.05) is 42.5 Å². The zero-order valence-corrected chi connectivity index (χ0v) is 14.8. The Morgan fingerprint density at radius 1 is 1.11 bits per heavy atom. The van der Waals surface area contributed by atoms with Crippen LogP contribution in [0.25, 0.3) is 10.9 Å². The molecule has 0 spiro atoms. The van der Waals surface area contributed by atoms with Crippen molar-refractivity contribution in [2.75, 3.05) is 13.6 Å². The minimum atomic E-state index is -1.05. The first-order valence-corrected chi connectivity index (χ1v) is 8.37. The summed E-state index contributed by atoms with van der Waals surface area (Å²) in [7, 11) is 0. The third-order valence-electron chi connectivity index (χ3n) is 4.35. The van der Waals surface area contributed by atoms with Gasteiger partial charge >= 0.3 is 11.8 Å². The summed E-state index contributed by atoms with van der Waals surface area (Å²) < 4.78 is 11.6. The fourth-order valence-corrected chi connectivity index (χ4v) is 3.14. The van der Waals surface area contributed by atoms with Crippen LogP contribution in [0.2, 0.25) is 0 Å². The van der Waals surface area contributed by atoms with Gasteiger partial charge in [-0.05, 0) is 30.5 Å². The molecule has 3 aromatic rings. The third-order valence-corrected chi connectivity index (χ3v) is 4.35. The predicted molar refractivity (Wildman–Crippen MR) is 99.4 cm³/mol. The molecule has 140 valence electrons. The van der Waals surface area contributed by atoms with Gasteiger partial charge in [-0.2, -0.15) is 0 Å². The molecule has 1 heterocycles. The van der Waals surface area contributed by atoms with Gasteiger partial charge in [-0.15, -0.1) is 0 Å². The summed E-state index contributed by atoms with van der Waals surface area (Å²) in [6, 6.07) is 15.1. The first kappa shape index (κ1) is 18.6. The highest BCUT2D eigenvalue weighted by atomic mass is 16.7. The van der Waals surface area contributed by atoms with Crippen molar-refractivity contribution < 1.29 is 24.2 Å². The molecular formula is C20H20N2O5. The maximum atomic E-state index is 12.5. The number of hydrogen-bond acceptors (Lipinski definition) is 5. The van der Waals surface area contributed by atoms with E-state index in [9.17, 15) is 9.59 Å². The van der Waals surface area contributed by atoms with Gasteiger partial charge in [0.15, 0.2) is 6.79 Å². The topological polar surface area (TPSA) is 104 Å². The van der Waals surface area contributed by atoms with Crippen molar-refractivity contribution in [2.24, 2.45) is 5.73 Å². The van der Waals surface area contributed by atoms with Crippen LogP contribution >= 0.6 is 0 Å². The van der Waals surface area contributed by atoms with E-state index in [1.54, 1.807) is 19.1 Å². The predicted octanol–water partition coefficient (Wildman–Crippen LogP) is 1.97. The number of nitrogens with two attached hydrogens (primary N) is 1. The molecular weight excluding hydrogens is 348 g/mol. The van der Waals surface area contributed by atoms with Gasteiger partial charge < -0.3 is 20.3 Å². The summed E-state index contributed by atoms with van der Waals surface area (Å²) in [5.41, 5.74) is 8.30. The largest absolute Gasteiger partial charge is 0.465 e. The van der Waals surface area contributed by atoms with Crippen molar-refractivity contribution in [2.45, 2.75) is 13.3 Å². The summed E-state index contributed by atoms with van der Waals surface area (Å²) in [5.74, 6) is -1.53. The smallest absolute Gasteiger partial charge is 0.320 e. The number of nitrogens with zero attached hydrogens (tertiary/aromatic N) is 1. The fourth-order valence-electron chi connectivity index (χ4n) is 3.14. The molecule has 0 aliphatic heterocycles. The molecule has 0 unspecified atom stereocenters. The SMILES string of the molecule is Cc1c(Cc2ccccc2)c2cccc(OCOCO)c2n1C(=O)C(N)=O. The second kappa shape index (κ2) is 8.03. The van der Waals surface area contributed by atoms with Gasteiger partial charge in [0, 0.05) is 11.1 Å². The number of fused-ring (bicyclic) bond motifs is 1. The summed E-state index contributed by atoms with van der Waals surface area (Å²) >= 11 is 0. The quantitative estimate of drug-likeness (QED) is 0.393. The van der Waals surface area contributed by atoms with E-state index in [0.717, 1.165) is 16.5 Å². The number of primary amides is 1. The van der Waals surface area contributed by atoms with Gasteiger partial charge in [-0.3, -0.25) is 14.2 Å². The van der Waals surface area contributed by atoms with Crippen LogP contribution in [0.15, 0.2) is 48.5 Å². The number of hydrogen-bond donors (Lipinski definition) is 2. The lowest BCUT2D eigenvalue weighted by Crippen LogP contribution is -2.29. The molecule has 3 rings (SSSR count). The molecule has 0 radical (unpaired) electrons. The van der Waals surface area contributed by atoms with Gasteiger partial charge in [0.2, 0.25) is 0 Å². The standard InChI is InChI=1S/C20H20N2O5/c1-13-16(10-14-6-3-2-4-7-14)15-8-5-9-17(27-12-26-11-23)18(15)22(13)20(25)19(21)24/h2-9,23H,10-12H2,1H3,(H2,21,24). The highest BCUT2D eigenvalue weighted by molar-refractivity contribution is 6.37. The maximum Gasteiger partial charge on any atom is 0.320 e. The molecule has 0 bridgehead atoms. The third kappa shape index (κ3) is 3.69. The summed E-state index contributed by atoms with van der Waals surface area (Å²) in [4.78, 5) is 24.1. The Balaban J connectivity index is 2.18. The van der Waals surface area contributed by atoms with Gasteiger partial charge in [0.05, 0.1) is 5.52 Å². The molecule has 0 saturated carbocycles. The normalized spacial score (nSPS) is 10.9. The number of carbonyl (C=O) groups is 2. The Hall–Kier alpha value is -3.16. The molecule has 0 saturated heterocycles. The average molecular weight is 368 g/mol. The number of carbonyl (C=O) groups excluding carboxylic acids is 2. The minimum Gasteiger partial charge on any atom is -0.465 e. The van der Waals surface area contributed by atoms with E-state index < -0.39 is 18.6 Å². The van der Waals surface area contributed by atoms with Crippen molar-refractivity contribution in [3.63, 3.8) is 0 Å². The van der Waals surface area contributed by atoms with Gasteiger partial charge in [-0.25, -0.2) is 0 Å². The lowest BCUT2D eigenvalue weighted by Gasteiger charge is -2.10. The number of rotatable bonds is 6. The summed E-state index contributed by atoms with van der Waals surface area (Å²) in [6.07, 6.45) is 0.582. The Labute approximate surface area is 155 Å². The zero-order chi connectivity index (χ0) is 19.4. The average Bonchev–Trinajstić information content (AvgIpc) is 2.95. The van der Waals surface area contributed by atoms with Crippen molar-refractivity contribution in [1.82, 2.24) is 4.57 Å². The molecule has 2 aromatic carbocycles. The van der Waals surface area contributed by atoms with Crippen molar-refractivity contribution in [3.8, 4) is 5.75 Å². The molecule has 3 N–H and O–H groups in total. The molecule has 7 nitrogen and oxygen atoms in total. The molecule has 0 fully saturated rings. The number of ether oxygens (including phenoxy) is 2. The summed E-state index contributed by atoms with van der Waals surface area (Å²) in [6.45, 7) is 1.08. The number of aliphatic hydroxyl groups is 1. The highest BCUT2D eigenvalue weighted by Crippen LogP contribution is 2.34. The van der Waals surface area contributed by atoms with Crippen LogP contribution in [0.3, 0.4) is 0 Å². The Morgan fingerprint density at radius 2 is 1.85 bits per heavy atom. The first-order valence-electron chi connectivity index (χ1n) is 8.37. The van der Waals surface area contributed by atoms with Crippen LogP contribution in [-0.2, 0) is 16.0 Å². The Morgan fingerprint density at radius 3 is 2.52 bits per heavy atom. The van der Waals surface area contributed by atoms with Crippen LogP contribution in [0.5, 0.6) is 5.75 Å². The molecule has 1 aromatic heterocycles. The van der Waals surface area contributed by atoms with Crippen molar-refractivity contribution >= 4 is 22.7 Å². The van der Waals surface area contributed by atoms with Crippen molar-refractivity contribution in [1.29, 1.82) is 0 Å². The fraction of sp³-hybridized carbons (Fsp3) is 0.200. The Kier molecular flexibility index (Phi) is 5.54. The second-order valence-electron chi connectivity index (χ2n) is 5.98. The van der Waals surface area contributed by atoms with Crippen LogP contribution in [0.4, 0.5) is 0 Å². The van der Waals surface area contributed by atoms with E-state index in [-0.39, 0.29) is 6.79 Å². The number of aliphatic hydroxyl groups excluding tert-OH is 1. The molecule has 0 atom stereocenters.